The van der Waals surface area contributed by atoms with Crippen LogP contribution < -0.4 is 5.32 Å². The van der Waals surface area contributed by atoms with E-state index in [1.54, 1.807) is 0 Å². The number of halogens is 3. The summed E-state index contributed by atoms with van der Waals surface area (Å²) < 4.78 is 37.2. The van der Waals surface area contributed by atoms with E-state index in [1.165, 1.54) is 12.1 Å². The van der Waals surface area contributed by atoms with Crippen molar-refractivity contribution in [2.45, 2.75) is 25.4 Å². The van der Waals surface area contributed by atoms with Crippen LogP contribution >= 0.6 is 0 Å². The van der Waals surface area contributed by atoms with E-state index in [9.17, 15) is 18.0 Å². The smallest absolute Gasteiger partial charge is 0.396 e. The van der Waals surface area contributed by atoms with Gasteiger partial charge in [-0.3, -0.25) is 4.79 Å². The van der Waals surface area contributed by atoms with Gasteiger partial charge in [-0.15, -0.1) is 0 Å². The Morgan fingerprint density at radius 3 is 2.30 bits per heavy atom. The SMILES string of the molecule is O=C(NCC1(CCO)CC1)c1ccc(C(F)(F)F)cc1. The van der Waals surface area contributed by atoms with Gasteiger partial charge in [0.1, 0.15) is 0 Å². The van der Waals surface area contributed by atoms with Crippen LogP contribution in [0.15, 0.2) is 24.3 Å². The van der Waals surface area contributed by atoms with Crippen LogP contribution in [0.2, 0.25) is 0 Å². The monoisotopic (exact) mass is 287 g/mol. The molecule has 1 aliphatic rings. The highest BCUT2D eigenvalue weighted by molar-refractivity contribution is 5.94. The lowest BCUT2D eigenvalue weighted by Crippen LogP contribution is -2.30. The maximum absolute atomic E-state index is 12.4. The lowest BCUT2D eigenvalue weighted by Gasteiger charge is -2.14. The Labute approximate surface area is 114 Å². The number of aliphatic hydroxyl groups is 1. The van der Waals surface area contributed by atoms with Gasteiger partial charge in [0.05, 0.1) is 5.56 Å². The maximum atomic E-state index is 12.4. The molecule has 0 spiro atoms. The van der Waals surface area contributed by atoms with Gasteiger partial charge in [0, 0.05) is 18.7 Å². The van der Waals surface area contributed by atoms with Gasteiger partial charge in [-0.1, -0.05) is 0 Å². The molecule has 0 atom stereocenters. The summed E-state index contributed by atoms with van der Waals surface area (Å²) in [5.74, 6) is -0.386. The molecule has 1 aromatic rings. The molecule has 1 aliphatic carbocycles. The first-order chi connectivity index (χ1) is 9.36. The molecule has 0 aliphatic heterocycles. The van der Waals surface area contributed by atoms with E-state index in [2.05, 4.69) is 5.32 Å². The summed E-state index contributed by atoms with van der Waals surface area (Å²) in [6, 6.07) is 4.14. The maximum Gasteiger partial charge on any atom is 0.416 e. The molecule has 1 fully saturated rings. The van der Waals surface area contributed by atoms with Gasteiger partial charge in [-0.2, -0.15) is 13.2 Å². The highest BCUT2D eigenvalue weighted by atomic mass is 19.4. The first-order valence-corrected chi connectivity index (χ1v) is 6.43. The van der Waals surface area contributed by atoms with E-state index in [-0.39, 0.29) is 23.5 Å². The molecule has 2 rings (SSSR count). The first-order valence-electron chi connectivity index (χ1n) is 6.43. The summed E-state index contributed by atoms with van der Waals surface area (Å²) in [4.78, 5) is 11.8. The molecule has 6 heteroatoms. The van der Waals surface area contributed by atoms with Crippen molar-refractivity contribution in [1.29, 1.82) is 0 Å². The predicted molar refractivity (Wildman–Crippen MR) is 67.1 cm³/mol. The van der Waals surface area contributed by atoms with Gasteiger partial charge in [0.2, 0.25) is 0 Å². The van der Waals surface area contributed by atoms with E-state index >= 15 is 0 Å². The number of amides is 1. The van der Waals surface area contributed by atoms with Gasteiger partial charge in [-0.05, 0) is 48.9 Å². The number of carbonyl (C=O) groups excluding carboxylic acids is 1. The van der Waals surface area contributed by atoms with Crippen LogP contribution in [0.1, 0.15) is 35.2 Å². The molecule has 1 saturated carbocycles. The summed E-state index contributed by atoms with van der Waals surface area (Å²) in [5.41, 5.74) is -0.582. The molecule has 1 amide bonds. The standard InChI is InChI=1S/C14H16F3NO2/c15-14(16,17)11-3-1-10(2-4-11)12(20)18-9-13(5-6-13)7-8-19/h1-4,19H,5-9H2,(H,18,20). The topological polar surface area (TPSA) is 49.3 Å². The fraction of sp³-hybridized carbons (Fsp3) is 0.500. The summed E-state index contributed by atoms with van der Waals surface area (Å²) in [6.07, 6.45) is -1.84. The van der Waals surface area contributed by atoms with Crippen LogP contribution in [0.25, 0.3) is 0 Å². The molecular formula is C14H16F3NO2. The Morgan fingerprint density at radius 1 is 1.25 bits per heavy atom. The molecule has 0 saturated heterocycles. The van der Waals surface area contributed by atoms with Crippen molar-refractivity contribution in [2.24, 2.45) is 5.41 Å². The molecule has 0 heterocycles. The predicted octanol–water partition coefficient (Wildman–Crippen LogP) is 2.60. The molecule has 1 aromatic carbocycles. The van der Waals surface area contributed by atoms with Crippen molar-refractivity contribution in [3.63, 3.8) is 0 Å². The fourth-order valence-corrected chi connectivity index (χ4v) is 2.11. The number of aliphatic hydroxyl groups excluding tert-OH is 1. The minimum Gasteiger partial charge on any atom is -0.396 e. The number of carbonyl (C=O) groups is 1. The summed E-state index contributed by atoms with van der Waals surface area (Å²) in [7, 11) is 0. The first kappa shape index (κ1) is 14.8. The van der Waals surface area contributed by atoms with Crippen LogP contribution in [0.5, 0.6) is 0 Å². The summed E-state index contributed by atoms with van der Waals surface area (Å²) >= 11 is 0. The Bertz CT molecular complexity index is 478. The third-order valence-electron chi connectivity index (χ3n) is 3.70. The van der Waals surface area contributed by atoms with Crippen molar-refractivity contribution in [3.05, 3.63) is 35.4 Å². The van der Waals surface area contributed by atoms with Crippen molar-refractivity contribution >= 4 is 5.91 Å². The second kappa shape index (κ2) is 5.44. The normalized spacial score (nSPS) is 16.8. The molecule has 0 unspecified atom stereocenters. The van der Waals surface area contributed by atoms with Gasteiger partial charge >= 0.3 is 6.18 Å². The molecule has 3 nitrogen and oxygen atoms in total. The average molecular weight is 287 g/mol. The second-order valence-corrected chi connectivity index (χ2v) is 5.23. The highest BCUT2D eigenvalue weighted by Gasteiger charge is 2.41. The van der Waals surface area contributed by atoms with Gasteiger partial charge in [0.25, 0.3) is 5.91 Å². The quantitative estimate of drug-likeness (QED) is 0.874. The van der Waals surface area contributed by atoms with E-state index < -0.39 is 11.7 Å². The van der Waals surface area contributed by atoms with Crippen molar-refractivity contribution < 1.29 is 23.1 Å². The van der Waals surface area contributed by atoms with E-state index in [0.717, 1.165) is 25.0 Å². The van der Waals surface area contributed by atoms with E-state index in [4.69, 9.17) is 5.11 Å². The second-order valence-electron chi connectivity index (χ2n) is 5.23. The number of hydrogen-bond donors (Lipinski definition) is 2. The Kier molecular flexibility index (Phi) is 4.04. The zero-order chi connectivity index (χ0) is 14.8. The average Bonchev–Trinajstić information content (AvgIpc) is 3.16. The lowest BCUT2D eigenvalue weighted by molar-refractivity contribution is -0.137. The fourth-order valence-electron chi connectivity index (χ4n) is 2.11. The highest BCUT2D eigenvalue weighted by Crippen LogP contribution is 2.47. The Balaban J connectivity index is 1.93. The van der Waals surface area contributed by atoms with E-state index in [0.29, 0.717) is 13.0 Å². The van der Waals surface area contributed by atoms with Crippen LogP contribution in [-0.2, 0) is 6.18 Å². The third kappa shape index (κ3) is 3.50. The Hall–Kier alpha value is -1.56. The van der Waals surface area contributed by atoms with Gasteiger partial charge < -0.3 is 10.4 Å². The van der Waals surface area contributed by atoms with Crippen molar-refractivity contribution in [3.8, 4) is 0 Å². The van der Waals surface area contributed by atoms with E-state index in [1.807, 2.05) is 0 Å². The molecule has 110 valence electrons. The lowest BCUT2D eigenvalue weighted by atomic mass is 10.0. The van der Waals surface area contributed by atoms with Crippen LogP contribution in [0.3, 0.4) is 0 Å². The molecule has 0 radical (unpaired) electrons. The minimum atomic E-state index is -4.39. The minimum absolute atomic E-state index is 0.0175. The van der Waals surface area contributed by atoms with Crippen LogP contribution in [0.4, 0.5) is 13.2 Å². The largest absolute Gasteiger partial charge is 0.416 e. The third-order valence-corrected chi connectivity index (χ3v) is 3.70. The number of rotatable bonds is 5. The molecular weight excluding hydrogens is 271 g/mol. The number of alkyl halides is 3. The number of nitrogens with one attached hydrogen (secondary N) is 1. The van der Waals surface area contributed by atoms with Gasteiger partial charge in [0.15, 0.2) is 0 Å². The number of hydrogen-bond acceptors (Lipinski definition) is 2. The molecule has 20 heavy (non-hydrogen) atoms. The molecule has 0 bridgehead atoms. The van der Waals surface area contributed by atoms with Crippen LogP contribution in [0, 0.1) is 5.41 Å². The van der Waals surface area contributed by atoms with Crippen LogP contribution in [-0.4, -0.2) is 24.2 Å². The van der Waals surface area contributed by atoms with Gasteiger partial charge in [-0.25, -0.2) is 0 Å². The van der Waals surface area contributed by atoms with Crippen molar-refractivity contribution in [1.82, 2.24) is 5.32 Å². The summed E-state index contributed by atoms with van der Waals surface area (Å²) in [6.45, 7) is 0.531. The molecule has 0 aromatic heterocycles. The zero-order valence-corrected chi connectivity index (χ0v) is 10.8. The number of benzene rings is 1. The zero-order valence-electron chi connectivity index (χ0n) is 10.8. The summed E-state index contributed by atoms with van der Waals surface area (Å²) in [5, 5.41) is 11.6. The molecule has 2 N–H and O–H groups in total. The van der Waals surface area contributed by atoms with Crippen molar-refractivity contribution in [2.75, 3.05) is 13.2 Å². The Morgan fingerprint density at radius 2 is 1.85 bits per heavy atom.